The first-order chi connectivity index (χ1) is 8.15. The second-order valence-corrected chi connectivity index (χ2v) is 6.04. The Hall–Kier alpha value is -0.960. The molecule has 1 fully saturated rings. The van der Waals surface area contributed by atoms with Crippen LogP contribution in [0, 0.1) is 13.8 Å². The maximum Gasteiger partial charge on any atom is 0.162 e. The molecule has 1 saturated carbocycles. The van der Waals surface area contributed by atoms with Crippen molar-refractivity contribution < 1.29 is 4.79 Å². The van der Waals surface area contributed by atoms with E-state index in [4.69, 9.17) is 0 Å². The molecule has 1 aromatic heterocycles. The normalized spacial score (nSPS) is 16.0. The molecular weight excluding hydrogens is 230 g/mol. The van der Waals surface area contributed by atoms with Gasteiger partial charge in [-0.05, 0) is 45.6 Å². The summed E-state index contributed by atoms with van der Waals surface area (Å²) < 4.78 is 0. The molecule has 0 aromatic carbocycles. The van der Waals surface area contributed by atoms with Crippen LogP contribution in [0.4, 0.5) is 0 Å². The van der Waals surface area contributed by atoms with Gasteiger partial charge in [-0.1, -0.05) is 12.0 Å². The SMILES string of the molecule is Cc1nc(CC(=O)C=C2CCCCC2)sc1C. The van der Waals surface area contributed by atoms with Crippen molar-refractivity contribution in [2.45, 2.75) is 52.4 Å². The monoisotopic (exact) mass is 249 g/mol. The van der Waals surface area contributed by atoms with Crippen LogP contribution in [0.25, 0.3) is 0 Å². The molecule has 0 unspecified atom stereocenters. The van der Waals surface area contributed by atoms with E-state index < -0.39 is 0 Å². The molecule has 0 spiro atoms. The van der Waals surface area contributed by atoms with E-state index in [1.165, 1.54) is 29.7 Å². The average Bonchev–Trinajstić information content (AvgIpc) is 2.59. The smallest absolute Gasteiger partial charge is 0.162 e. The van der Waals surface area contributed by atoms with E-state index in [-0.39, 0.29) is 5.78 Å². The number of aryl methyl sites for hydroxylation is 2. The summed E-state index contributed by atoms with van der Waals surface area (Å²) in [5.41, 5.74) is 2.40. The van der Waals surface area contributed by atoms with Gasteiger partial charge in [0.1, 0.15) is 5.01 Å². The van der Waals surface area contributed by atoms with Crippen LogP contribution in [0.15, 0.2) is 11.6 Å². The van der Waals surface area contributed by atoms with Crippen molar-refractivity contribution in [3.63, 3.8) is 0 Å². The van der Waals surface area contributed by atoms with Crippen LogP contribution < -0.4 is 0 Å². The Balaban J connectivity index is 1.96. The number of carbonyl (C=O) groups is 1. The summed E-state index contributed by atoms with van der Waals surface area (Å²) in [6.45, 7) is 4.06. The quantitative estimate of drug-likeness (QED) is 0.763. The summed E-state index contributed by atoms with van der Waals surface area (Å²) in [6.07, 6.45) is 8.37. The summed E-state index contributed by atoms with van der Waals surface area (Å²) >= 11 is 1.64. The van der Waals surface area contributed by atoms with E-state index in [1.807, 2.05) is 13.0 Å². The van der Waals surface area contributed by atoms with Gasteiger partial charge in [-0.2, -0.15) is 0 Å². The van der Waals surface area contributed by atoms with Gasteiger partial charge in [0.25, 0.3) is 0 Å². The van der Waals surface area contributed by atoms with Crippen molar-refractivity contribution >= 4 is 17.1 Å². The molecule has 0 bridgehead atoms. The number of allylic oxidation sites excluding steroid dienone is 2. The molecule has 0 atom stereocenters. The van der Waals surface area contributed by atoms with E-state index in [0.29, 0.717) is 6.42 Å². The molecule has 3 heteroatoms. The number of hydrogen-bond acceptors (Lipinski definition) is 3. The Morgan fingerprint density at radius 2 is 2.00 bits per heavy atom. The Kier molecular flexibility index (Phi) is 4.11. The molecule has 1 heterocycles. The zero-order chi connectivity index (χ0) is 12.3. The minimum Gasteiger partial charge on any atom is -0.294 e. The highest BCUT2D eigenvalue weighted by atomic mass is 32.1. The minimum absolute atomic E-state index is 0.218. The fourth-order valence-corrected chi connectivity index (χ4v) is 3.14. The third-order valence-electron chi connectivity index (χ3n) is 3.26. The highest BCUT2D eigenvalue weighted by molar-refractivity contribution is 7.11. The van der Waals surface area contributed by atoms with Gasteiger partial charge >= 0.3 is 0 Å². The summed E-state index contributed by atoms with van der Waals surface area (Å²) in [7, 11) is 0. The summed E-state index contributed by atoms with van der Waals surface area (Å²) in [5.74, 6) is 0.218. The van der Waals surface area contributed by atoms with Gasteiger partial charge in [-0.25, -0.2) is 4.98 Å². The predicted octanol–water partition coefficient (Wildman–Crippen LogP) is 3.76. The molecule has 0 radical (unpaired) electrons. The van der Waals surface area contributed by atoms with Gasteiger partial charge in [0.05, 0.1) is 12.1 Å². The molecule has 17 heavy (non-hydrogen) atoms. The third kappa shape index (κ3) is 3.50. The molecule has 1 aromatic rings. The first-order valence-electron chi connectivity index (χ1n) is 6.30. The van der Waals surface area contributed by atoms with Crippen LogP contribution in [0.1, 0.15) is 47.7 Å². The fraction of sp³-hybridized carbons (Fsp3) is 0.571. The number of thiazole rings is 1. The van der Waals surface area contributed by atoms with E-state index in [0.717, 1.165) is 23.5 Å². The van der Waals surface area contributed by atoms with E-state index >= 15 is 0 Å². The van der Waals surface area contributed by atoms with Crippen molar-refractivity contribution in [1.82, 2.24) is 4.98 Å². The average molecular weight is 249 g/mol. The van der Waals surface area contributed by atoms with Crippen LogP contribution in [0.5, 0.6) is 0 Å². The molecule has 0 saturated heterocycles. The van der Waals surface area contributed by atoms with E-state index in [9.17, 15) is 4.79 Å². The molecule has 92 valence electrons. The van der Waals surface area contributed by atoms with Crippen LogP contribution in [-0.2, 0) is 11.2 Å². The molecule has 0 amide bonds. The minimum atomic E-state index is 0.218. The lowest BCUT2D eigenvalue weighted by molar-refractivity contribution is -0.114. The second kappa shape index (κ2) is 5.58. The Morgan fingerprint density at radius 1 is 1.29 bits per heavy atom. The van der Waals surface area contributed by atoms with Crippen LogP contribution in [-0.4, -0.2) is 10.8 Å². The molecule has 1 aliphatic carbocycles. The molecule has 0 aliphatic heterocycles. The maximum absolute atomic E-state index is 11.9. The summed E-state index contributed by atoms with van der Waals surface area (Å²) in [5, 5.41) is 0.956. The van der Waals surface area contributed by atoms with Crippen LogP contribution in [0.3, 0.4) is 0 Å². The molecule has 0 N–H and O–H groups in total. The van der Waals surface area contributed by atoms with Gasteiger partial charge in [-0.3, -0.25) is 4.79 Å². The Bertz CT molecular complexity index is 418. The first kappa shape index (κ1) is 12.5. The van der Waals surface area contributed by atoms with E-state index in [1.54, 1.807) is 11.3 Å². The lowest BCUT2D eigenvalue weighted by Gasteiger charge is -2.12. The largest absolute Gasteiger partial charge is 0.294 e. The van der Waals surface area contributed by atoms with Gasteiger partial charge < -0.3 is 0 Å². The standard InChI is InChI=1S/C14H19NOS/c1-10-11(2)17-14(15-10)9-13(16)8-12-6-4-3-5-7-12/h8H,3-7,9H2,1-2H3. The topological polar surface area (TPSA) is 30.0 Å². The maximum atomic E-state index is 11.9. The molecule has 1 aliphatic rings. The lowest BCUT2D eigenvalue weighted by atomic mass is 9.94. The van der Waals surface area contributed by atoms with Crippen molar-refractivity contribution in [2.75, 3.05) is 0 Å². The zero-order valence-electron chi connectivity index (χ0n) is 10.6. The van der Waals surface area contributed by atoms with Crippen molar-refractivity contribution in [2.24, 2.45) is 0 Å². The highest BCUT2D eigenvalue weighted by Gasteiger charge is 2.10. The zero-order valence-corrected chi connectivity index (χ0v) is 11.4. The Labute approximate surface area is 107 Å². The highest BCUT2D eigenvalue weighted by Crippen LogP contribution is 2.23. The number of nitrogens with zero attached hydrogens (tertiary/aromatic N) is 1. The summed E-state index contributed by atoms with van der Waals surface area (Å²) in [4.78, 5) is 17.5. The van der Waals surface area contributed by atoms with Gasteiger partial charge in [-0.15, -0.1) is 11.3 Å². The molecule has 2 nitrogen and oxygen atoms in total. The van der Waals surface area contributed by atoms with Crippen molar-refractivity contribution in [1.29, 1.82) is 0 Å². The van der Waals surface area contributed by atoms with Gasteiger partial charge in [0.15, 0.2) is 5.78 Å². The number of carbonyl (C=O) groups excluding carboxylic acids is 1. The van der Waals surface area contributed by atoms with Crippen molar-refractivity contribution in [3.05, 3.63) is 27.2 Å². The number of aromatic nitrogens is 1. The van der Waals surface area contributed by atoms with Crippen LogP contribution >= 0.6 is 11.3 Å². The second-order valence-electron chi connectivity index (χ2n) is 4.76. The first-order valence-corrected chi connectivity index (χ1v) is 7.12. The lowest BCUT2D eigenvalue weighted by Crippen LogP contribution is -2.02. The summed E-state index contributed by atoms with van der Waals surface area (Å²) in [6, 6.07) is 0. The van der Waals surface area contributed by atoms with Crippen LogP contribution in [0.2, 0.25) is 0 Å². The number of ketones is 1. The number of hydrogen-bond donors (Lipinski definition) is 0. The van der Waals surface area contributed by atoms with Gasteiger partial charge in [0, 0.05) is 4.88 Å². The fourth-order valence-electron chi connectivity index (χ4n) is 2.19. The van der Waals surface area contributed by atoms with E-state index in [2.05, 4.69) is 11.9 Å². The molecular formula is C14H19NOS. The van der Waals surface area contributed by atoms with Crippen molar-refractivity contribution in [3.8, 4) is 0 Å². The third-order valence-corrected chi connectivity index (χ3v) is 4.33. The number of rotatable bonds is 3. The Morgan fingerprint density at radius 3 is 2.59 bits per heavy atom. The van der Waals surface area contributed by atoms with Gasteiger partial charge in [0.2, 0.25) is 0 Å². The molecule has 2 rings (SSSR count). The predicted molar refractivity (Wildman–Crippen MR) is 71.5 cm³/mol.